The summed E-state index contributed by atoms with van der Waals surface area (Å²) >= 11 is 0. The van der Waals surface area contributed by atoms with Gasteiger partial charge >= 0.3 is 0 Å². The third-order valence-electron chi connectivity index (χ3n) is 5.32. The fourth-order valence-corrected chi connectivity index (χ4v) is 3.72. The molecule has 0 bridgehead atoms. The van der Waals surface area contributed by atoms with Crippen molar-refractivity contribution in [3.63, 3.8) is 0 Å². The van der Waals surface area contributed by atoms with Crippen LogP contribution in [0.3, 0.4) is 0 Å². The Morgan fingerprint density at radius 3 is 2.83 bits per heavy atom. The van der Waals surface area contributed by atoms with E-state index in [-0.39, 0.29) is 11.9 Å². The fourth-order valence-electron chi connectivity index (χ4n) is 3.72. The molecule has 1 unspecified atom stereocenters. The van der Waals surface area contributed by atoms with Crippen LogP contribution >= 0.6 is 0 Å². The molecule has 1 aliphatic rings. The summed E-state index contributed by atoms with van der Waals surface area (Å²) in [6, 6.07) is 5.59. The highest BCUT2D eigenvalue weighted by molar-refractivity contribution is 5.80. The largest absolute Gasteiger partial charge is 0.377 e. The Morgan fingerprint density at radius 1 is 1.37 bits per heavy atom. The van der Waals surface area contributed by atoms with Gasteiger partial charge in [-0.3, -0.25) is 4.99 Å². The lowest BCUT2D eigenvalue weighted by Gasteiger charge is -2.25. The summed E-state index contributed by atoms with van der Waals surface area (Å²) in [5.74, 6) is 2.20. The highest BCUT2D eigenvalue weighted by atomic mass is 19.1. The second-order valence-corrected chi connectivity index (χ2v) is 7.32. The molecule has 2 aromatic rings. The van der Waals surface area contributed by atoms with E-state index >= 15 is 0 Å². The third kappa shape index (κ3) is 5.27. The predicted molar refractivity (Wildman–Crippen MR) is 116 cm³/mol. The van der Waals surface area contributed by atoms with E-state index in [1.54, 1.807) is 20.2 Å². The standard InChI is InChI=1S/C21H32FN7O/c1-5-28(6-2)18-9-7-15(11-17(18)22)12-24-21(23-3)25-16-8-10-20-26-19(14-30-4)27-29(20)13-16/h7,9,11,16H,5-6,8,10,12-14H2,1-4H3,(H2,23,24,25). The van der Waals surface area contributed by atoms with Gasteiger partial charge in [-0.15, -0.1) is 0 Å². The van der Waals surface area contributed by atoms with Crippen molar-refractivity contribution < 1.29 is 9.13 Å². The molecular weight excluding hydrogens is 385 g/mol. The monoisotopic (exact) mass is 417 g/mol. The summed E-state index contributed by atoms with van der Waals surface area (Å²) < 4.78 is 21.6. The van der Waals surface area contributed by atoms with Crippen molar-refractivity contribution in [1.82, 2.24) is 25.4 Å². The van der Waals surface area contributed by atoms with E-state index in [4.69, 9.17) is 4.74 Å². The smallest absolute Gasteiger partial charge is 0.191 e. The minimum Gasteiger partial charge on any atom is -0.377 e. The number of nitrogens with zero attached hydrogens (tertiary/aromatic N) is 5. The number of methoxy groups -OCH3 is 1. The van der Waals surface area contributed by atoms with Gasteiger partial charge in [-0.2, -0.15) is 5.10 Å². The summed E-state index contributed by atoms with van der Waals surface area (Å²) in [5, 5.41) is 11.2. The van der Waals surface area contributed by atoms with Crippen molar-refractivity contribution in [2.45, 2.75) is 52.4 Å². The molecule has 0 spiro atoms. The molecule has 3 rings (SSSR count). The second-order valence-electron chi connectivity index (χ2n) is 7.32. The lowest BCUT2D eigenvalue weighted by molar-refractivity contribution is 0.177. The number of aliphatic imine (C=N–C) groups is 1. The maximum atomic E-state index is 14.5. The molecule has 0 radical (unpaired) electrons. The highest BCUT2D eigenvalue weighted by Gasteiger charge is 2.22. The highest BCUT2D eigenvalue weighted by Crippen LogP contribution is 2.20. The van der Waals surface area contributed by atoms with Crippen LogP contribution in [-0.2, 0) is 30.9 Å². The van der Waals surface area contributed by atoms with E-state index in [1.807, 2.05) is 35.6 Å². The summed E-state index contributed by atoms with van der Waals surface area (Å²) in [4.78, 5) is 10.8. The zero-order valence-electron chi connectivity index (χ0n) is 18.3. The van der Waals surface area contributed by atoms with E-state index in [9.17, 15) is 4.39 Å². The molecule has 8 nitrogen and oxygen atoms in total. The van der Waals surface area contributed by atoms with E-state index in [0.717, 1.165) is 43.9 Å². The second kappa shape index (κ2) is 10.4. The maximum Gasteiger partial charge on any atom is 0.191 e. The van der Waals surface area contributed by atoms with Crippen molar-refractivity contribution in [1.29, 1.82) is 0 Å². The van der Waals surface area contributed by atoms with Crippen LogP contribution in [0.5, 0.6) is 0 Å². The third-order valence-corrected chi connectivity index (χ3v) is 5.32. The van der Waals surface area contributed by atoms with Crippen LogP contribution in [0.4, 0.5) is 10.1 Å². The summed E-state index contributed by atoms with van der Waals surface area (Å²) in [5.41, 5.74) is 1.52. The molecule has 1 aromatic carbocycles. The van der Waals surface area contributed by atoms with Gasteiger partial charge in [-0.05, 0) is 38.0 Å². The van der Waals surface area contributed by atoms with Crippen molar-refractivity contribution in [2.75, 3.05) is 32.1 Å². The molecule has 2 heterocycles. The van der Waals surface area contributed by atoms with Crippen LogP contribution in [-0.4, -0.2) is 54.0 Å². The number of rotatable bonds is 8. The molecule has 1 aromatic heterocycles. The minimum absolute atomic E-state index is 0.196. The first-order chi connectivity index (χ1) is 14.6. The normalized spacial score (nSPS) is 16.3. The van der Waals surface area contributed by atoms with Crippen LogP contribution < -0.4 is 15.5 Å². The Bertz CT molecular complexity index is 863. The van der Waals surface area contributed by atoms with E-state index in [0.29, 0.717) is 30.6 Å². The van der Waals surface area contributed by atoms with Gasteiger partial charge in [0.25, 0.3) is 0 Å². The number of hydrogen-bond acceptors (Lipinski definition) is 5. The first kappa shape index (κ1) is 22.0. The average Bonchev–Trinajstić information content (AvgIpc) is 3.15. The van der Waals surface area contributed by atoms with Gasteiger partial charge < -0.3 is 20.3 Å². The number of nitrogens with one attached hydrogen (secondary N) is 2. The average molecular weight is 418 g/mol. The molecule has 1 atom stereocenters. The number of ether oxygens (including phenoxy) is 1. The van der Waals surface area contributed by atoms with Crippen LogP contribution in [0.15, 0.2) is 23.2 Å². The molecule has 0 saturated carbocycles. The Balaban J connectivity index is 1.55. The Labute approximate surface area is 177 Å². The maximum absolute atomic E-state index is 14.5. The molecule has 1 aliphatic heterocycles. The van der Waals surface area contributed by atoms with Crippen molar-refractivity contribution in [3.8, 4) is 0 Å². The first-order valence-corrected chi connectivity index (χ1v) is 10.5. The predicted octanol–water partition coefficient (Wildman–Crippen LogP) is 2.09. The number of hydrogen-bond donors (Lipinski definition) is 2. The molecule has 30 heavy (non-hydrogen) atoms. The molecule has 2 N–H and O–H groups in total. The molecular formula is C21H32FN7O. The Morgan fingerprint density at radius 2 is 2.17 bits per heavy atom. The molecule has 0 amide bonds. The first-order valence-electron chi connectivity index (χ1n) is 10.5. The van der Waals surface area contributed by atoms with E-state index in [2.05, 4.69) is 25.7 Å². The van der Waals surface area contributed by atoms with Gasteiger partial charge in [0, 0.05) is 46.3 Å². The van der Waals surface area contributed by atoms with Crippen molar-refractivity contribution in [3.05, 3.63) is 41.2 Å². The van der Waals surface area contributed by atoms with Gasteiger partial charge in [0.05, 0.1) is 12.2 Å². The minimum atomic E-state index is -0.196. The number of halogens is 1. The Hall–Kier alpha value is -2.68. The van der Waals surface area contributed by atoms with Gasteiger partial charge in [0.1, 0.15) is 18.2 Å². The SMILES string of the molecule is CCN(CC)c1ccc(CNC(=NC)NC2CCc3nc(COC)nn3C2)cc1F. The molecule has 9 heteroatoms. The molecule has 164 valence electrons. The lowest BCUT2D eigenvalue weighted by Crippen LogP contribution is -2.46. The van der Waals surface area contributed by atoms with Gasteiger partial charge in [0.15, 0.2) is 11.8 Å². The summed E-state index contributed by atoms with van der Waals surface area (Å²) in [7, 11) is 3.38. The zero-order chi connectivity index (χ0) is 21.5. The zero-order valence-corrected chi connectivity index (χ0v) is 18.3. The van der Waals surface area contributed by atoms with E-state index in [1.165, 1.54) is 0 Å². The summed E-state index contributed by atoms with van der Waals surface area (Å²) in [6.45, 7) is 7.26. The topological polar surface area (TPSA) is 79.6 Å². The van der Waals surface area contributed by atoms with Crippen LogP contribution in [0.1, 0.15) is 37.5 Å². The van der Waals surface area contributed by atoms with Crippen molar-refractivity contribution in [2.24, 2.45) is 4.99 Å². The van der Waals surface area contributed by atoms with E-state index < -0.39 is 0 Å². The molecule has 0 aliphatic carbocycles. The summed E-state index contributed by atoms with van der Waals surface area (Å²) in [6.07, 6.45) is 1.79. The number of aryl methyl sites for hydroxylation is 1. The van der Waals surface area contributed by atoms with Crippen LogP contribution in [0.2, 0.25) is 0 Å². The lowest BCUT2D eigenvalue weighted by atomic mass is 10.1. The Kier molecular flexibility index (Phi) is 7.62. The quantitative estimate of drug-likeness (QED) is 0.506. The van der Waals surface area contributed by atoms with Gasteiger partial charge in [0.2, 0.25) is 0 Å². The number of aromatic nitrogens is 3. The number of fused-ring (bicyclic) bond motifs is 1. The van der Waals surface area contributed by atoms with Gasteiger partial charge in [-0.1, -0.05) is 6.07 Å². The number of benzene rings is 1. The fraction of sp³-hybridized carbons (Fsp3) is 0.571. The van der Waals surface area contributed by atoms with Crippen LogP contribution in [0, 0.1) is 5.82 Å². The van der Waals surface area contributed by atoms with Gasteiger partial charge in [-0.25, -0.2) is 14.1 Å². The number of guanidine groups is 1. The van der Waals surface area contributed by atoms with Crippen molar-refractivity contribution >= 4 is 11.6 Å². The number of anilines is 1. The molecule has 0 saturated heterocycles. The van der Waals surface area contributed by atoms with Crippen LogP contribution in [0.25, 0.3) is 0 Å². The molecule has 0 fully saturated rings.